The van der Waals surface area contributed by atoms with Crippen molar-refractivity contribution in [1.29, 1.82) is 0 Å². The van der Waals surface area contributed by atoms with Gasteiger partial charge in [-0.1, -0.05) is 23.7 Å². The molecule has 9 heteroatoms. The number of anilines is 1. The van der Waals surface area contributed by atoms with Crippen LogP contribution in [-0.2, 0) is 14.8 Å². The third-order valence-electron chi connectivity index (χ3n) is 3.77. The molecule has 130 valence electrons. The van der Waals surface area contributed by atoms with Gasteiger partial charge in [-0.05, 0) is 37.3 Å². The number of amides is 2. The lowest BCUT2D eigenvalue weighted by Gasteiger charge is -2.22. The van der Waals surface area contributed by atoms with Crippen LogP contribution in [0, 0.1) is 5.82 Å². The number of rotatable bonds is 3. The monoisotopic (exact) mass is 382 g/mol. The van der Waals surface area contributed by atoms with Gasteiger partial charge in [-0.25, -0.2) is 17.1 Å². The predicted molar refractivity (Wildman–Crippen MR) is 89.3 cm³/mol. The summed E-state index contributed by atoms with van der Waals surface area (Å²) in [4.78, 5) is 24.6. The van der Waals surface area contributed by atoms with Crippen LogP contribution in [0.2, 0.25) is 5.02 Å². The molecule has 1 aliphatic rings. The molecule has 6 nitrogen and oxygen atoms in total. The first-order valence-corrected chi connectivity index (χ1v) is 8.99. The molecule has 0 bridgehead atoms. The first-order valence-electron chi connectivity index (χ1n) is 7.17. The molecule has 1 unspecified atom stereocenters. The third kappa shape index (κ3) is 2.87. The second-order valence-corrected chi connectivity index (χ2v) is 7.59. The molecule has 0 radical (unpaired) electrons. The Bertz CT molecular complexity index is 993. The van der Waals surface area contributed by atoms with Gasteiger partial charge in [-0.2, -0.15) is 0 Å². The van der Waals surface area contributed by atoms with Crippen LogP contribution in [0.25, 0.3) is 0 Å². The summed E-state index contributed by atoms with van der Waals surface area (Å²) >= 11 is 5.65. The Morgan fingerprint density at radius 1 is 1.24 bits per heavy atom. The zero-order chi connectivity index (χ0) is 18.4. The molecule has 0 aromatic heterocycles. The van der Waals surface area contributed by atoms with Crippen LogP contribution in [-0.4, -0.2) is 30.6 Å². The lowest BCUT2D eigenvalue weighted by Crippen LogP contribution is -2.45. The Morgan fingerprint density at radius 3 is 2.56 bits per heavy atom. The van der Waals surface area contributed by atoms with E-state index in [-0.39, 0.29) is 21.2 Å². The number of benzene rings is 2. The first kappa shape index (κ1) is 17.4. The van der Waals surface area contributed by atoms with Gasteiger partial charge in [0.25, 0.3) is 15.9 Å². The van der Waals surface area contributed by atoms with Gasteiger partial charge in [0.15, 0.2) is 0 Å². The van der Waals surface area contributed by atoms with E-state index in [9.17, 15) is 22.4 Å². The summed E-state index contributed by atoms with van der Waals surface area (Å²) < 4.78 is 38.8. The first-order chi connectivity index (χ1) is 11.7. The molecule has 1 aliphatic heterocycles. The van der Waals surface area contributed by atoms with E-state index in [0.29, 0.717) is 4.31 Å². The highest BCUT2D eigenvalue weighted by atomic mass is 35.5. The summed E-state index contributed by atoms with van der Waals surface area (Å²) in [6.45, 7) is 1.29. The summed E-state index contributed by atoms with van der Waals surface area (Å²) in [6, 6.07) is 7.98. The zero-order valence-electron chi connectivity index (χ0n) is 12.9. The average molecular weight is 383 g/mol. The van der Waals surface area contributed by atoms with Crippen molar-refractivity contribution in [3.05, 3.63) is 58.9 Å². The van der Waals surface area contributed by atoms with Crippen LogP contribution >= 0.6 is 11.6 Å². The number of fused-ring (bicyclic) bond motifs is 1. The van der Waals surface area contributed by atoms with Crippen LogP contribution in [0.15, 0.2) is 47.4 Å². The molecule has 2 aromatic rings. The van der Waals surface area contributed by atoms with Gasteiger partial charge >= 0.3 is 0 Å². The standard InChI is InChI=1S/C16H12ClFN2O4S/c1-9(15(21)19-10-6-7-13(18)12(17)8-10)20-16(22)11-4-2-3-5-14(11)25(20,23)24/h2-9H,1H3,(H,19,21). The number of sulfonamides is 1. The van der Waals surface area contributed by atoms with Crippen LogP contribution in [0.1, 0.15) is 17.3 Å². The Hall–Kier alpha value is -2.45. The molecule has 1 N–H and O–H groups in total. The van der Waals surface area contributed by atoms with Gasteiger partial charge in [0, 0.05) is 5.69 Å². The van der Waals surface area contributed by atoms with Gasteiger partial charge in [-0.15, -0.1) is 0 Å². The minimum Gasteiger partial charge on any atom is -0.324 e. The van der Waals surface area contributed by atoms with Crippen LogP contribution in [0.3, 0.4) is 0 Å². The Balaban J connectivity index is 1.88. The zero-order valence-corrected chi connectivity index (χ0v) is 14.4. The maximum atomic E-state index is 13.2. The average Bonchev–Trinajstić information content (AvgIpc) is 2.77. The van der Waals surface area contributed by atoms with Gasteiger partial charge in [0.05, 0.1) is 10.6 Å². The second-order valence-electron chi connectivity index (χ2n) is 5.40. The smallest absolute Gasteiger partial charge is 0.269 e. The van der Waals surface area contributed by atoms with Gasteiger partial charge in [-0.3, -0.25) is 9.59 Å². The predicted octanol–water partition coefficient (Wildman–Crippen LogP) is 2.65. The molecule has 0 spiro atoms. The normalized spacial score (nSPS) is 16.4. The van der Waals surface area contributed by atoms with E-state index in [1.807, 2.05) is 0 Å². The van der Waals surface area contributed by atoms with Gasteiger partial charge < -0.3 is 5.32 Å². The van der Waals surface area contributed by atoms with Crippen molar-refractivity contribution in [3.63, 3.8) is 0 Å². The highest BCUT2D eigenvalue weighted by Gasteiger charge is 2.45. The van der Waals surface area contributed by atoms with Crippen LogP contribution in [0.4, 0.5) is 10.1 Å². The summed E-state index contributed by atoms with van der Waals surface area (Å²) in [5.74, 6) is -2.16. The van der Waals surface area contributed by atoms with Crippen molar-refractivity contribution >= 4 is 39.1 Å². The molecule has 0 fully saturated rings. The third-order valence-corrected chi connectivity index (χ3v) is 5.97. The largest absolute Gasteiger partial charge is 0.324 e. The van der Waals surface area contributed by atoms with E-state index >= 15 is 0 Å². The van der Waals surface area contributed by atoms with Crippen molar-refractivity contribution in [2.75, 3.05) is 5.32 Å². The lowest BCUT2D eigenvalue weighted by atomic mass is 10.2. The maximum absolute atomic E-state index is 13.2. The highest BCUT2D eigenvalue weighted by molar-refractivity contribution is 7.90. The molecule has 0 saturated heterocycles. The van der Waals surface area contributed by atoms with E-state index in [4.69, 9.17) is 11.6 Å². The minimum atomic E-state index is -4.11. The molecule has 25 heavy (non-hydrogen) atoms. The molecule has 1 atom stereocenters. The number of hydrogen-bond acceptors (Lipinski definition) is 4. The van der Waals surface area contributed by atoms with Crippen molar-refractivity contribution in [2.24, 2.45) is 0 Å². The number of carbonyl (C=O) groups excluding carboxylic acids is 2. The number of halogens is 2. The molecule has 3 rings (SSSR count). The summed E-state index contributed by atoms with van der Waals surface area (Å²) in [6.07, 6.45) is 0. The summed E-state index contributed by atoms with van der Waals surface area (Å²) in [5.41, 5.74) is 0.205. The fraction of sp³-hybridized carbons (Fsp3) is 0.125. The lowest BCUT2D eigenvalue weighted by molar-refractivity contribution is -0.118. The van der Waals surface area contributed by atoms with Gasteiger partial charge in [0.1, 0.15) is 16.8 Å². The number of hydrogen-bond donors (Lipinski definition) is 1. The van der Waals surface area contributed by atoms with E-state index in [2.05, 4.69) is 5.32 Å². The van der Waals surface area contributed by atoms with E-state index in [0.717, 1.165) is 6.07 Å². The molecule has 1 heterocycles. The molecule has 0 saturated carbocycles. The SMILES string of the molecule is CC(C(=O)Nc1ccc(F)c(Cl)c1)N1C(=O)c2ccccc2S1(=O)=O. The number of carbonyl (C=O) groups is 2. The van der Waals surface area contributed by atoms with Crippen LogP contribution in [0.5, 0.6) is 0 Å². The topological polar surface area (TPSA) is 83.6 Å². The van der Waals surface area contributed by atoms with E-state index < -0.39 is 33.7 Å². The highest BCUT2D eigenvalue weighted by Crippen LogP contribution is 2.32. The fourth-order valence-corrected chi connectivity index (χ4v) is 4.42. The van der Waals surface area contributed by atoms with Crippen molar-refractivity contribution in [2.45, 2.75) is 17.9 Å². The Labute approximate surface area is 148 Å². The summed E-state index contributed by atoms with van der Waals surface area (Å²) in [5, 5.41) is 2.23. The molecule has 2 aromatic carbocycles. The van der Waals surface area contributed by atoms with Crippen molar-refractivity contribution in [3.8, 4) is 0 Å². The van der Waals surface area contributed by atoms with Crippen molar-refractivity contribution < 1.29 is 22.4 Å². The molecule has 0 aliphatic carbocycles. The summed E-state index contributed by atoms with van der Waals surface area (Å²) in [7, 11) is -4.11. The number of nitrogens with zero attached hydrogens (tertiary/aromatic N) is 1. The second kappa shape index (κ2) is 6.12. The Morgan fingerprint density at radius 2 is 1.92 bits per heavy atom. The maximum Gasteiger partial charge on any atom is 0.269 e. The molecular weight excluding hydrogens is 371 g/mol. The molecule has 2 amide bonds. The quantitative estimate of drug-likeness (QED) is 0.884. The fourth-order valence-electron chi connectivity index (χ4n) is 2.51. The minimum absolute atomic E-state index is 0.0203. The van der Waals surface area contributed by atoms with E-state index in [1.54, 1.807) is 6.07 Å². The number of nitrogens with one attached hydrogen (secondary N) is 1. The van der Waals surface area contributed by atoms with Crippen molar-refractivity contribution in [1.82, 2.24) is 4.31 Å². The van der Waals surface area contributed by atoms with E-state index in [1.165, 1.54) is 37.3 Å². The van der Waals surface area contributed by atoms with Gasteiger partial charge in [0.2, 0.25) is 5.91 Å². The van der Waals surface area contributed by atoms with Crippen LogP contribution < -0.4 is 5.32 Å². The molecular formula is C16H12ClFN2O4S. The Kier molecular flexibility index (Phi) is 4.26.